The molecule has 1 heterocycles. The Morgan fingerprint density at radius 1 is 1.38 bits per heavy atom. The summed E-state index contributed by atoms with van der Waals surface area (Å²) in [5, 5.41) is 3.70. The average molecular weight is 217 g/mol. The minimum Gasteiger partial charge on any atom is -0.483 e. The monoisotopic (exact) mass is 217 g/mol. The molecule has 0 aliphatic heterocycles. The molecule has 0 aliphatic rings. The molecule has 5 nitrogen and oxygen atoms in total. The molecular weight excluding hydrogens is 206 g/mol. The summed E-state index contributed by atoms with van der Waals surface area (Å²) in [6.07, 6.45) is 1.31. The molecule has 0 radical (unpaired) electrons. The zero-order chi connectivity index (χ0) is 11.2. The quantitative estimate of drug-likeness (QED) is 0.583. The van der Waals surface area contributed by atoms with Crippen molar-refractivity contribution in [3.8, 4) is 11.5 Å². The van der Waals surface area contributed by atoms with Crippen molar-refractivity contribution >= 4 is 12.3 Å². The van der Waals surface area contributed by atoms with E-state index in [9.17, 15) is 0 Å². The lowest BCUT2D eigenvalue weighted by Gasteiger charge is -1.90. The maximum absolute atomic E-state index is 5.05. The molecule has 0 bridgehead atoms. The molecule has 0 saturated carbocycles. The van der Waals surface area contributed by atoms with Crippen LogP contribution in [0.5, 0.6) is 0 Å². The molecule has 0 fully saturated rings. The van der Waals surface area contributed by atoms with Gasteiger partial charge in [-0.1, -0.05) is 18.2 Å². The van der Waals surface area contributed by atoms with Gasteiger partial charge in [0.1, 0.15) is 0 Å². The third kappa shape index (κ3) is 2.44. The standard InChI is InChI=1S/C11H11N3O2/c1-2-15-8-12-11-13-10(16-14-11)9-6-4-3-5-7-9/h3-8H,2H2,1H3/b12-8+. The predicted octanol–water partition coefficient (Wildman–Crippen LogP) is 2.43. The lowest BCUT2D eigenvalue weighted by molar-refractivity contribution is 0.343. The van der Waals surface area contributed by atoms with E-state index in [1.807, 2.05) is 37.3 Å². The normalized spacial score (nSPS) is 10.8. The second kappa shape index (κ2) is 5.06. The van der Waals surface area contributed by atoms with Gasteiger partial charge in [0.25, 0.3) is 11.8 Å². The molecular formula is C11H11N3O2. The Balaban J connectivity index is 2.14. The second-order valence-corrected chi connectivity index (χ2v) is 2.96. The highest BCUT2D eigenvalue weighted by Crippen LogP contribution is 2.18. The van der Waals surface area contributed by atoms with Crippen LogP contribution in [0.25, 0.3) is 11.5 Å². The minimum atomic E-state index is 0.257. The number of hydrogen-bond acceptors (Lipinski definition) is 5. The summed E-state index contributed by atoms with van der Waals surface area (Å²) >= 11 is 0. The molecule has 1 aromatic carbocycles. The summed E-state index contributed by atoms with van der Waals surface area (Å²) in [5.74, 6) is 0.705. The van der Waals surface area contributed by atoms with Crippen LogP contribution in [0.3, 0.4) is 0 Å². The summed E-state index contributed by atoms with van der Waals surface area (Å²) in [4.78, 5) is 7.98. The lowest BCUT2D eigenvalue weighted by atomic mass is 10.2. The van der Waals surface area contributed by atoms with Gasteiger partial charge >= 0.3 is 0 Å². The first-order valence-corrected chi connectivity index (χ1v) is 4.93. The van der Waals surface area contributed by atoms with Crippen molar-refractivity contribution in [2.45, 2.75) is 6.92 Å². The molecule has 2 rings (SSSR count). The van der Waals surface area contributed by atoms with Crippen molar-refractivity contribution in [1.29, 1.82) is 0 Å². The number of nitrogens with zero attached hydrogens (tertiary/aromatic N) is 3. The summed E-state index contributed by atoms with van der Waals surface area (Å²) in [6.45, 7) is 2.44. The highest BCUT2D eigenvalue weighted by Gasteiger charge is 2.06. The van der Waals surface area contributed by atoms with Gasteiger partial charge in [-0.15, -0.1) is 0 Å². The summed E-state index contributed by atoms with van der Waals surface area (Å²) in [5.41, 5.74) is 0.868. The SMILES string of the molecule is CCO/C=N/c1noc(-c2ccccc2)n1. The number of rotatable bonds is 4. The molecule has 1 aromatic heterocycles. The number of benzene rings is 1. The van der Waals surface area contributed by atoms with E-state index in [1.165, 1.54) is 6.40 Å². The molecule has 0 saturated heterocycles. The fourth-order valence-electron chi connectivity index (χ4n) is 1.13. The van der Waals surface area contributed by atoms with Gasteiger partial charge in [0.15, 0.2) is 6.40 Å². The van der Waals surface area contributed by atoms with E-state index in [2.05, 4.69) is 15.1 Å². The Morgan fingerprint density at radius 3 is 2.94 bits per heavy atom. The highest BCUT2D eigenvalue weighted by molar-refractivity contribution is 5.55. The third-order valence-corrected chi connectivity index (χ3v) is 1.85. The Labute approximate surface area is 92.8 Å². The summed E-state index contributed by atoms with van der Waals surface area (Å²) < 4.78 is 9.99. The molecule has 82 valence electrons. The topological polar surface area (TPSA) is 60.5 Å². The van der Waals surface area contributed by atoms with Crippen LogP contribution in [0.4, 0.5) is 5.95 Å². The molecule has 2 aromatic rings. The summed E-state index contributed by atoms with van der Waals surface area (Å²) in [7, 11) is 0. The average Bonchev–Trinajstić information content (AvgIpc) is 2.79. The van der Waals surface area contributed by atoms with Crippen molar-refractivity contribution in [2.24, 2.45) is 4.99 Å². The molecule has 0 atom stereocenters. The van der Waals surface area contributed by atoms with Crippen molar-refractivity contribution in [3.05, 3.63) is 30.3 Å². The molecule has 0 unspecified atom stereocenters. The van der Waals surface area contributed by atoms with E-state index in [-0.39, 0.29) is 5.95 Å². The predicted molar refractivity (Wildman–Crippen MR) is 59.5 cm³/mol. The van der Waals surface area contributed by atoms with Crippen molar-refractivity contribution in [2.75, 3.05) is 6.61 Å². The summed E-state index contributed by atoms with van der Waals surface area (Å²) in [6, 6.07) is 9.52. The van der Waals surface area contributed by atoms with E-state index < -0.39 is 0 Å². The molecule has 0 aliphatic carbocycles. The molecule has 0 amide bonds. The number of ether oxygens (including phenoxy) is 1. The van der Waals surface area contributed by atoms with Crippen molar-refractivity contribution < 1.29 is 9.26 Å². The number of aromatic nitrogens is 2. The van der Waals surface area contributed by atoms with Gasteiger partial charge in [0.2, 0.25) is 0 Å². The van der Waals surface area contributed by atoms with Crippen LogP contribution >= 0.6 is 0 Å². The fraction of sp³-hybridized carbons (Fsp3) is 0.182. The second-order valence-electron chi connectivity index (χ2n) is 2.96. The van der Waals surface area contributed by atoms with E-state index in [0.717, 1.165) is 5.56 Å². The van der Waals surface area contributed by atoms with Gasteiger partial charge in [-0.05, 0) is 24.2 Å². The Bertz CT molecular complexity index is 465. The van der Waals surface area contributed by atoms with Crippen molar-refractivity contribution in [3.63, 3.8) is 0 Å². The van der Waals surface area contributed by atoms with E-state index in [0.29, 0.717) is 12.5 Å². The smallest absolute Gasteiger partial charge is 0.292 e. The highest BCUT2D eigenvalue weighted by atomic mass is 16.5. The van der Waals surface area contributed by atoms with Crippen LogP contribution in [0.15, 0.2) is 39.8 Å². The van der Waals surface area contributed by atoms with Crippen LogP contribution in [-0.2, 0) is 4.74 Å². The fourth-order valence-corrected chi connectivity index (χ4v) is 1.13. The van der Waals surface area contributed by atoms with Crippen LogP contribution in [0, 0.1) is 0 Å². The zero-order valence-corrected chi connectivity index (χ0v) is 8.83. The van der Waals surface area contributed by atoms with E-state index in [1.54, 1.807) is 0 Å². The van der Waals surface area contributed by atoms with Gasteiger partial charge in [-0.2, -0.15) is 9.98 Å². The van der Waals surface area contributed by atoms with Crippen LogP contribution in [-0.4, -0.2) is 23.1 Å². The molecule has 0 N–H and O–H groups in total. The van der Waals surface area contributed by atoms with Gasteiger partial charge < -0.3 is 9.26 Å². The first-order valence-electron chi connectivity index (χ1n) is 4.93. The van der Waals surface area contributed by atoms with Gasteiger partial charge in [0.05, 0.1) is 6.61 Å². The minimum absolute atomic E-state index is 0.257. The Kier molecular flexibility index (Phi) is 3.28. The van der Waals surface area contributed by atoms with Crippen LogP contribution < -0.4 is 0 Å². The largest absolute Gasteiger partial charge is 0.483 e. The van der Waals surface area contributed by atoms with Crippen LogP contribution in [0.2, 0.25) is 0 Å². The Morgan fingerprint density at radius 2 is 2.19 bits per heavy atom. The first kappa shape index (κ1) is 10.4. The third-order valence-electron chi connectivity index (χ3n) is 1.85. The Hall–Kier alpha value is -2.17. The maximum Gasteiger partial charge on any atom is 0.292 e. The van der Waals surface area contributed by atoms with Crippen molar-refractivity contribution in [1.82, 2.24) is 10.1 Å². The van der Waals surface area contributed by atoms with E-state index in [4.69, 9.17) is 9.26 Å². The molecule has 0 spiro atoms. The number of aliphatic imine (C=N–C) groups is 1. The van der Waals surface area contributed by atoms with Crippen LogP contribution in [0.1, 0.15) is 6.92 Å². The molecule has 5 heteroatoms. The first-order chi connectivity index (χ1) is 7.90. The maximum atomic E-state index is 5.05. The number of hydrogen-bond donors (Lipinski definition) is 0. The lowest BCUT2D eigenvalue weighted by Crippen LogP contribution is -1.84. The zero-order valence-electron chi connectivity index (χ0n) is 8.83. The van der Waals surface area contributed by atoms with Gasteiger partial charge in [-0.3, -0.25) is 0 Å². The van der Waals surface area contributed by atoms with Gasteiger partial charge in [0, 0.05) is 5.56 Å². The molecule has 16 heavy (non-hydrogen) atoms. The van der Waals surface area contributed by atoms with E-state index >= 15 is 0 Å². The van der Waals surface area contributed by atoms with Gasteiger partial charge in [-0.25, -0.2) is 0 Å².